The number of thiophene rings is 1. The Morgan fingerprint density at radius 1 is 1.19 bits per heavy atom. The molecule has 0 saturated carbocycles. The van der Waals surface area contributed by atoms with Gasteiger partial charge in [-0.05, 0) is 29.7 Å². The Labute approximate surface area is 159 Å². The molecular weight excluding hydrogens is 368 g/mol. The predicted octanol–water partition coefficient (Wildman–Crippen LogP) is 2.73. The molecule has 0 atom stereocenters. The standard InChI is InChI=1S/C18H16N4O4S/c23-18-16(12-15-2-1-11-27-15)17(20-7-9-26-10-8-20)19-21(18)13-3-5-14(6-4-13)22(24)25/h1-6,11-12H,7-10H2/b16-12+. The fourth-order valence-electron chi connectivity index (χ4n) is 2.94. The highest BCUT2D eigenvalue weighted by molar-refractivity contribution is 7.10. The first-order valence-electron chi connectivity index (χ1n) is 8.39. The SMILES string of the molecule is O=C1/C(=C/c2cccs2)C(N2CCOCC2)=NN1c1ccc([N+](=O)[O-])cc1. The van der Waals surface area contributed by atoms with Crippen molar-refractivity contribution in [3.63, 3.8) is 0 Å². The number of hydrogen-bond acceptors (Lipinski definition) is 7. The van der Waals surface area contributed by atoms with E-state index in [2.05, 4.69) is 5.10 Å². The van der Waals surface area contributed by atoms with E-state index in [9.17, 15) is 14.9 Å². The first kappa shape index (κ1) is 17.4. The monoisotopic (exact) mass is 384 g/mol. The lowest BCUT2D eigenvalue weighted by Gasteiger charge is -2.28. The number of non-ortho nitro benzene ring substituents is 1. The van der Waals surface area contributed by atoms with Gasteiger partial charge < -0.3 is 9.64 Å². The quantitative estimate of drug-likeness (QED) is 0.461. The van der Waals surface area contributed by atoms with Gasteiger partial charge in [-0.25, -0.2) is 0 Å². The molecule has 138 valence electrons. The van der Waals surface area contributed by atoms with Gasteiger partial charge in [0.05, 0.1) is 29.4 Å². The van der Waals surface area contributed by atoms with E-state index in [1.807, 2.05) is 28.5 Å². The number of hydrazone groups is 1. The van der Waals surface area contributed by atoms with Gasteiger partial charge in [-0.3, -0.25) is 14.9 Å². The number of hydrogen-bond donors (Lipinski definition) is 0. The van der Waals surface area contributed by atoms with Crippen LogP contribution in [-0.2, 0) is 9.53 Å². The van der Waals surface area contributed by atoms with Gasteiger partial charge in [-0.15, -0.1) is 16.4 Å². The molecule has 1 aromatic carbocycles. The molecule has 0 bridgehead atoms. The Morgan fingerprint density at radius 3 is 2.56 bits per heavy atom. The second kappa shape index (κ2) is 7.29. The normalized spacial score (nSPS) is 18.9. The van der Waals surface area contributed by atoms with Crippen molar-refractivity contribution in [1.29, 1.82) is 0 Å². The van der Waals surface area contributed by atoms with Crippen LogP contribution in [0.4, 0.5) is 11.4 Å². The number of ether oxygens (including phenoxy) is 1. The van der Waals surface area contributed by atoms with Gasteiger partial charge in [0.1, 0.15) is 0 Å². The number of rotatable bonds is 3. The predicted molar refractivity (Wildman–Crippen MR) is 103 cm³/mol. The maximum Gasteiger partial charge on any atom is 0.282 e. The van der Waals surface area contributed by atoms with E-state index in [0.29, 0.717) is 43.4 Å². The topological polar surface area (TPSA) is 88.3 Å². The Bertz CT molecular complexity index is 915. The zero-order valence-corrected chi connectivity index (χ0v) is 15.1. The summed E-state index contributed by atoms with van der Waals surface area (Å²) in [6.45, 7) is 2.47. The van der Waals surface area contributed by atoms with Crippen LogP contribution in [0.5, 0.6) is 0 Å². The number of anilines is 1. The van der Waals surface area contributed by atoms with Gasteiger partial charge in [0, 0.05) is 30.1 Å². The first-order chi connectivity index (χ1) is 13.1. The van der Waals surface area contributed by atoms with Crippen molar-refractivity contribution < 1.29 is 14.5 Å². The molecule has 4 rings (SSSR count). The Hall–Kier alpha value is -3.04. The molecule has 2 aliphatic heterocycles. The summed E-state index contributed by atoms with van der Waals surface area (Å²) in [7, 11) is 0. The highest BCUT2D eigenvalue weighted by Gasteiger charge is 2.35. The van der Waals surface area contributed by atoms with E-state index < -0.39 is 4.92 Å². The second-order valence-electron chi connectivity index (χ2n) is 5.99. The van der Waals surface area contributed by atoms with Gasteiger partial charge in [0.15, 0.2) is 5.84 Å². The van der Waals surface area contributed by atoms with Crippen molar-refractivity contribution in [2.24, 2.45) is 5.10 Å². The van der Waals surface area contributed by atoms with Crippen molar-refractivity contribution in [2.45, 2.75) is 0 Å². The lowest BCUT2D eigenvalue weighted by Crippen LogP contribution is -2.41. The summed E-state index contributed by atoms with van der Waals surface area (Å²) in [4.78, 5) is 26.4. The van der Waals surface area contributed by atoms with Crippen molar-refractivity contribution >= 4 is 40.5 Å². The average molecular weight is 384 g/mol. The fraction of sp³-hybridized carbons (Fsp3) is 0.222. The van der Waals surface area contributed by atoms with Crippen LogP contribution in [-0.4, -0.2) is 47.9 Å². The minimum atomic E-state index is -0.472. The third kappa shape index (κ3) is 3.46. The van der Waals surface area contributed by atoms with Crippen LogP contribution < -0.4 is 5.01 Å². The summed E-state index contributed by atoms with van der Waals surface area (Å²) in [6.07, 6.45) is 1.84. The highest BCUT2D eigenvalue weighted by Crippen LogP contribution is 2.28. The maximum absolute atomic E-state index is 13.1. The number of carbonyl (C=O) groups excluding carboxylic acids is 1. The van der Waals surface area contributed by atoms with E-state index >= 15 is 0 Å². The molecule has 1 saturated heterocycles. The summed E-state index contributed by atoms with van der Waals surface area (Å²) in [5, 5.41) is 18.6. The van der Waals surface area contributed by atoms with Crippen molar-refractivity contribution in [1.82, 2.24) is 4.90 Å². The number of carbonyl (C=O) groups is 1. The fourth-order valence-corrected chi connectivity index (χ4v) is 3.60. The molecule has 1 aromatic heterocycles. The molecule has 0 spiro atoms. The number of nitro groups is 1. The molecule has 0 radical (unpaired) electrons. The third-order valence-corrected chi connectivity index (χ3v) is 5.12. The Kier molecular flexibility index (Phi) is 4.69. The maximum atomic E-state index is 13.1. The van der Waals surface area contributed by atoms with Gasteiger partial charge in [0.2, 0.25) is 0 Å². The third-order valence-electron chi connectivity index (χ3n) is 4.30. The van der Waals surface area contributed by atoms with Crippen LogP contribution >= 0.6 is 11.3 Å². The molecule has 27 heavy (non-hydrogen) atoms. The average Bonchev–Trinajstić information content (AvgIpc) is 3.32. The number of nitro benzene ring substituents is 1. The van der Waals surface area contributed by atoms with Crippen molar-refractivity contribution in [2.75, 3.05) is 31.3 Å². The van der Waals surface area contributed by atoms with Crippen LogP contribution in [0.25, 0.3) is 6.08 Å². The van der Waals surface area contributed by atoms with E-state index in [4.69, 9.17) is 4.74 Å². The number of amides is 1. The van der Waals surface area contributed by atoms with Gasteiger partial charge >= 0.3 is 0 Å². The molecule has 2 aromatic rings. The summed E-state index contributed by atoms with van der Waals surface area (Å²) in [5.74, 6) is 0.355. The molecule has 1 amide bonds. The van der Waals surface area contributed by atoms with Crippen LogP contribution in [0.1, 0.15) is 4.88 Å². The van der Waals surface area contributed by atoms with Crippen LogP contribution in [0, 0.1) is 10.1 Å². The van der Waals surface area contributed by atoms with E-state index in [-0.39, 0.29) is 11.6 Å². The molecule has 0 N–H and O–H groups in total. The molecule has 3 heterocycles. The minimum Gasteiger partial charge on any atom is -0.378 e. The lowest BCUT2D eigenvalue weighted by molar-refractivity contribution is -0.384. The molecule has 0 aliphatic carbocycles. The molecule has 1 fully saturated rings. The van der Waals surface area contributed by atoms with E-state index in [1.165, 1.54) is 29.3 Å². The number of nitrogens with zero attached hydrogens (tertiary/aromatic N) is 4. The van der Waals surface area contributed by atoms with Crippen LogP contribution in [0.3, 0.4) is 0 Å². The number of benzene rings is 1. The molecule has 8 nitrogen and oxygen atoms in total. The smallest absolute Gasteiger partial charge is 0.282 e. The molecule has 9 heteroatoms. The highest BCUT2D eigenvalue weighted by atomic mass is 32.1. The second-order valence-corrected chi connectivity index (χ2v) is 6.97. The summed E-state index contributed by atoms with van der Waals surface area (Å²) < 4.78 is 5.40. The lowest BCUT2D eigenvalue weighted by atomic mass is 10.1. The molecule has 0 unspecified atom stereocenters. The summed E-state index contributed by atoms with van der Waals surface area (Å²) in [6, 6.07) is 9.67. The number of amidine groups is 1. The largest absolute Gasteiger partial charge is 0.378 e. The van der Waals surface area contributed by atoms with Crippen molar-refractivity contribution in [3.05, 3.63) is 62.3 Å². The van der Waals surface area contributed by atoms with E-state index in [1.54, 1.807) is 11.3 Å². The first-order valence-corrected chi connectivity index (χ1v) is 9.27. The number of morpholine rings is 1. The Balaban J connectivity index is 1.71. The van der Waals surface area contributed by atoms with Gasteiger partial charge in [-0.1, -0.05) is 6.07 Å². The molecule has 2 aliphatic rings. The summed E-state index contributed by atoms with van der Waals surface area (Å²) >= 11 is 1.54. The van der Waals surface area contributed by atoms with Crippen LogP contribution in [0.2, 0.25) is 0 Å². The van der Waals surface area contributed by atoms with Crippen LogP contribution in [0.15, 0.2) is 52.5 Å². The van der Waals surface area contributed by atoms with Gasteiger partial charge in [-0.2, -0.15) is 5.01 Å². The zero-order valence-electron chi connectivity index (χ0n) is 14.3. The minimum absolute atomic E-state index is 0.0304. The van der Waals surface area contributed by atoms with E-state index in [0.717, 1.165) is 4.88 Å². The molecular formula is C18H16N4O4S. The van der Waals surface area contributed by atoms with Crippen molar-refractivity contribution in [3.8, 4) is 0 Å². The summed E-state index contributed by atoms with van der Waals surface area (Å²) in [5.41, 5.74) is 0.973. The zero-order chi connectivity index (χ0) is 18.8. The Morgan fingerprint density at radius 2 is 1.93 bits per heavy atom. The van der Waals surface area contributed by atoms with Gasteiger partial charge in [0.25, 0.3) is 11.6 Å².